The smallest absolute Gasteiger partial charge is 0.314 e. The third-order valence-electron chi connectivity index (χ3n) is 4.44. The van der Waals surface area contributed by atoms with Crippen LogP contribution >= 0.6 is 0 Å². The molecule has 0 unspecified atom stereocenters. The predicted molar refractivity (Wildman–Crippen MR) is 86.2 cm³/mol. The predicted octanol–water partition coefficient (Wildman–Crippen LogP) is 4.77. The average Bonchev–Trinajstić information content (AvgIpc) is 2.56. The maximum Gasteiger partial charge on any atom is 0.314 e. The molecule has 4 heteroatoms. The highest BCUT2D eigenvalue weighted by Gasteiger charge is 2.27. The second-order valence-electron chi connectivity index (χ2n) is 6.04. The van der Waals surface area contributed by atoms with Crippen molar-refractivity contribution in [1.82, 2.24) is 0 Å². The molecule has 0 heterocycles. The van der Waals surface area contributed by atoms with Crippen molar-refractivity contribution in [2.24, 2.45) is 11.8 Å². The van der Waals surface area contributed by atoms with E-state index >= 15 is 0 Å². The Labute approximate surface area is 136 Å². The lowest BCUT2D eigenvalue weighted by Gasteiger charge is -2.26. The minimum absolute atomic E-state index is 0.0496. The molecule has 3 nitrogen and oxygen atoms in total. The number of allylic oxidation sites excluding steroid dienone is 2. The van der Waals surface area contributed by atoms with Crippen molar-refractivity contribution in [3.05, 3.63) is 41.7 Å². The van der Waals surface area contributed by atoms with Crippen molar-refractivity contribution in [2.45, 2.75) is 45.4 Å². The number of nitrogens with zero attached hydrogens (tertiary/aromatic N) is 1. The van der Waals surface area contributed by atoms with Crippen LogP contribution in [0.15, 0.2) is 30.4 Å². The molecular weight excluding hydrogens is 293 g/mol. The number of hydrogen-bond donors (Lipinski definition) is 0. The van der Waals surface area contributed by atoms with Gasteiger partial charge in [0.15, 0.2) is 0 Å². The van der Waals surface area contributed by atoms with E-state index in [0.29, 0.717) is 5.92 Å². The Morgan fingerprint density at radius 1 is 1.39 bits per heavy atom. The summed E-state index contributed by atoms with van der Waals surface area (Å²) < 4.78 is 18.8. The van der Waals surface area contributed by atoms with E-state index in [9.17, 15) is 9.18 Å². The van der Waals surface area contributed by atoms with Gasteiger partial charge in [0.05, 0.1) is 11.5 Å². The average molecular weight is 315 g/mol. The third kappa shape index (κ3) is 4.92. The highest BCUT2D eigenvalue weighted by atomic mass is 19.1. The molecule has 0 spiro atoms. The monoisotopic (exact) mass is 315 g/mol. The molecule has 23 heavy (non-hydrogen) atoms. The molecule has 1 saturated carbocycles. The lowest BCUT2D eigenvalue weighted by atomic mass is 9.80. The summed E-state index contributed by atoms with van der Waals surface area (Å²) in [6.45, 7) is 2.03. The normalized spacial score (nSPS) is 21.1. The van der Waals surface area contributed by atoms with E-state index < -0.39 is 5.82 Å². The minimum atomic E-state index is -0.662. The van der Waals surface area contributed by atoms with Gasteiger partial charge in [-0.05, 0) is 63.5 Å². The van der Waals surface area contributed by atoms with Crippen molar-refractivity contribution in [1.29, 1.82) is 5.26 Å². The van der Waals surface area contributed by atoms with E-state index in [1.807, 2.05) is 6.92 Å². The number of carbonyl (C=O) groups excluding carboxylic acids is 1. The zero-order chi connectivity index (χ0) is 16.7. The van der Waals surface area contributed by atoms with Gasteiger partial charge in [-0.25, -0.2) is 4.39 Å². The molecule has 1 aliphatic carbocycles. The fourth-order valence-electron chi connectivity index (χ4n) is 3.03. The standard InChI is InChI=1S/C19H22FNO2/c1-2-3-4-5-14-6-8-15(9-7-14)19(22)23-17-11-10-16(13-21)18(20)12-17/h2-3,10-12,14-15H,4-9H2,1H3. The lowest BCUT2D eigenvalue weighted by molar-refractivity contribution is -0.140. The molecule has 0 aliphatic heterocycles. The Hall–Kier alpha value is -2.15. The Balaban J connectivity index is 1.83. The third-order valence-corrected chi connectivity index (χ3v) is 4.44. The molecule has 0 atom stereocenters. The SMILES string of the molecule is CC=CCCC1CCC(C(=O)Oc2ccc(C#N)c(F)c2)CC1. The number of rotatable bonds is 5. The Kier molecular flexibility index (Phi) is 6.34. The Bertz CT molecular complexity index is 610. The zero-order valence-corrected chi connectivity index (χ0v) is 13.4. The second-order valence-corrected chi connectivity index (χ2v) is 6.04. The van der Waals surface area contributed by atoms with Gasteiger partial charge >= 0.3 is 5.97 Å². The number of halogens is 1. The van der Waals surface area contributed by atoms with Crippen molar-refractivity contribution in [2.75, 3.05) is 0 Å². The molecule has 0 N–H and O–H groups in total. The minimum Gasteiger partial charge on any atom is -0.426 e. The summed E-state index contributed by atoms with van der Waals surface area (Å²) >= 11 is 0. The number of esters is 1. The lowest BCUT2D eigenvalue weighted by Crippen LogP contribution is -2.25. The first kappa shape index (κ1) is 17.2. The van der Waals surface area contributed by atoms with Crippen LogP contribution in [0.5, 0.6) is 5.75 Å². The summed E-state index contributed by atoms with van der Waals surface area (Å²) in [6.07, 6.45) is 10.3. The van der Waals surface area contributed by atoms with E-state index in [2.05, 4.69) is 12.2 Å². The molecule has 1 fully saturated rings. The van der Waals surface area contributed by atoms with Crippen LogP contribution in [0.1, 0.15) is 51.0 Å². The molecule has 0 aromatic heterocycles. The topological polar surface area (TPSA) is 50.1 Å². The van der Waals surface area contributed by atoms with Crippen LogP contribution in [0.25, 0.3) is 0 Å². The van der Waals surface area contributed by atoms with Crippen LogP contribution in [0.3, 0.4) is 0 Å². The summed E-state index contributed by atoms with van der Waals surface area (Å²) in [4.78, 5) is 12.2. The van der Waals surface area contributed by atoms with Crippen LogP contribution in [-0.4, -0.2) is 5.97 Å². The molecule has 2 rings (SSSR count). The van der Waals surface area contributed by atoms with Crippen molar-refractivity contribution >= 4 is 5.97 Å². The molecule has 1 aromatic rings. The van der Waals surface area contributed by atoms with Gasteiger partial charge in [-0.2, -0.15) is 5.26 Å². The molecule has 1 aliphatic rings. The Morgan fingerprint density at radius 3 is 2.74 bits per heavy atom. The van der Waals surface area contributed by atoms with Crippen LogP contribution in [0.2, 0.25) is 0 Å². The fourth-order valence-corrected chi connectivity index (χ4v) is 3.03. The summed E-state index contributed by atoms with van der Waals surface area (Å²) in [5.74, 6) is -0.206. The molecule has 1 aromatic carbocycles. The first-order chi connectivity index (χ1) is 11.1. The summed E-state index contributed by atoms with van der Waals surface area (Å²) in [6, 6.07) is 5.63. The number of carbonyl (C=O) groups is 1. The maximum atomic E-state index is 13.5. The van der Waals surface area contributed by atoms with E-state index in [0.717, 1.165) is 38.2 Å². The van der Waals surface area contributed by atoms with E-state index in [1.165, 1.54) is 18.6 Å². The molecule has 0 radical (unpaired) electrons. The van der Waals surface area contributed by atoms with E-state index in [-0.39, 0.29) is 23.2 Å². The van der Waals surface area contributed by atoms with Crippen LogP contribution in [-0.2, 0) is 4.79 Å². The Morgan fingerprint density at radius 2 is 2.13 bits per heavy atom. The van der Waals surface area contributed by atoms with Gasteiger partial charge in [0.25, 0.3) is 0 Å². The number of benzene rings is 1. The van der Waals surface area contributed by atoms with Gasteiger partial charge in [0.2, 0.25) is 0 Å². The summed E-state index contributed by atoms with van der Waals surface area (Å²) in [7, 11) is 0. The first-order valence-electron chi connectivity index (χ1n) is 8.16. The van der Waals surface area contributed by atoms with Gasteiger partial charge in [-0.1, -0.05) is 12.2 Å². The van der Waals surface area contributed by atoms with Gasteiger partial charge in [-0.3, -0.25) is 4.79 Å². The zero-order valence-electron chi connectivity index (χ0n) is 13.4. The van der Waals surface area contributed by atoms with Crippen molar-refractivity contribution < 1.29 is 13.9 Å². The van der Waals surface area contributed by atoms with Gasteiger partial charge in [-0.15, -0.1) is 0 Å². The molecule has 0 amide bonds. The fraction of sp³-hybridized carbons (Fsp3) is 0.474. The van der Waals surface area contributed by atoms with Crippen LogP contribution in [0.4, 0.5) is 4.39 Å². The van der Waals surface area contributed by atoms with Crippen LogP contribution < -0.4 is 4.74 Å². The summed E-state index contributed by atoms with van der Waals surface area (Å²) in [5, 5.41) is 8.70. The van der Waals surface area contributed by atoms with E-state index in [4.69, 9.17) is 10.00 Å². The maximum absolute atomic E-state index is 13.5. The van der Waals surface area contributed by atoms with Gasteiger partial charge in [0, 0.05) is 6.07 Å². The molecule has 0 bridgehead atoms. The highest BCUT2D eigenvalue weighted by molar-refractivity contribution is 5.75. The molecule has 0 saturated heterocycles. The number of ether oxygens (including phenoxy) is 1. The van der Waals surface area contributed by atoms with Crippen molar-refractivity contribution in [3.8, 4) is 11.8 Å². The van der Waals surface area contributed by atoms with Gasteiger partial charge in [0.1, 0.15) is 17.6 Å². The highest BCUT2D eigenvalue weighted by Crippen LogP contribution is 2.32. The van der Waals surface area contributed by atoms with Gasteiger partial charge < -0.3 is 4.74 Å². The summed E-state index contributed by atoms with van der Waals surface area (Å²) in [5.41, 5.74) is -0.0496. The van der Waals surface area contributed by atoms with Crippen molar-refractivity contribution in [3.63, 3.8) is 0 Å². The first-order valence-corrected chi connectivity index (χ1v) is 8.16. The number of hydrogen-bond acceptors (Lipinski definition) is 3. The van der Waals surface area contributed by atoms with E-state index in [1.54, 1.807) is 6.07 Å². The molecular formula is C19H22FNO2. The quantitative estimate of drug-likeness (QED) is 0.447. The van der Waals surface area contributed by atoms with Crippen LogP contribution in [0, 0.1) is 29.0 Å². The number of nitriles is 1. The molecule has 122 valence electrons. The largest absolute Gasteiger partial charge is 0.426 e. The second kappa shape index (κ2) is 8.47.